The minimum Gasteiger partial charge on any atom is -0.373 e. The van der Waals surface area contributed by atoms with Crippen LogP contribution < -0.4 is 0 Å². The Morgan fingerprint density at radius 3 is 1.81 bits per heavy atom. The second-order valence-corrected chi connectivity index (χ2v) is 10.5. The smallest absolute Gasteiger partial charge is 0.0825 e. The summed E-state index contributed by atoms with van der Waals surface area (Å²) in [5.41, 5.74) is 5.55. The summed E-state index contributed by atoms with van der Waals surface area (Å²) in [6.07, 6.45) is 16.6. The van der Waals surface area contributed by atoms with E-state index in [0.717, 1.165) is 24.4 Å². The molecule has 1 saturated carbocycles. The molecule has 1 aliphatic heterocycles. The highest BCUT2D eigenvalue weighted by Gasteiger charge is 2.23. The Labute approximate surface area is 197 Å². The second kappa shape index (κ2) is 12.0. The van der Waals surface area contributed by atoms with Crippen molar-refractivity contribution in [1.29, 1.82) is 0 Å². The predicted molar refractivity (Wildman–Crippen MR) is 137 cm³/mol. The van der Waals surface area contributed by atoms with Gasteiger partial charge in [0.25, 0.3) is 0 Å². The summed E-state index contributed by atoms with van der Waals surface area (Å²) in [6, 6.07) is 18.6. The fraction of sp³-hybridized carbons (Fsp3) is 0.613. The zero-order valence-corrected chi connectivity index (χ0v) is 20.5. The molecule has 0 bridgehead atoms. The summed E-state index contributed by atoms with van der Waals surface area (Å²) < 4.78 is 6.19. The van der Waals surface area contributed by atoms with Crippen LogP contribution in [0.25, 0.3) is 11.1 Å². The van der Waals surface area contributed by atoms with Gasteiger partial charge < -0.3 is 4.74 Å². The largest absolute Gasteiger partial charge is 0.373 e. The van der Waals surface area contributed by atoms with Crippen LogP contribution in [0.15, 0.2) is 48.5 Å². The van der Waals surface area contributed by atoms with Gasteiger partial charge in [-0.15, -0.1) is 0 Å². The molecule has 174 valence electrons. The van der Waals surface area contributed by atoms with Gasteiger partial charge in [-0.1, -0.05) is 94.5 Å². The van der Waals surface area contributed by atoms with E-state index < -0.39 is 0 Å². The number of unbranched alkanes of at least 4 members (excludes halogenated alkanes) is 2. The van der Waals surface area contributed by atoms with Gasteiger partial charge in [-0.25, -0.2) is 0 Å². The minimum absolute atomic E-state index is 0.289. The van der Waals surface area contributed by atoms with E-state index in [1.165, 1.54) is 93.7 Å². The summed E-state index contributed by atoms with van der Waals surface area (Å²) >= 11 is 0. The molecule has 1 heterocycles. The van der Waals surface area contributed by atoms with E-state index in [9.17, 15) is 0 Å². The van der Waals surface area contributed by atoms with E-state index in [2.05, 4.69) is 62.4 Å². The zero-order chi connectivity index (χ0) is 22.2. The Morgan fingerprint density at radius 1 is 0.625 bits per heavy atom. The molecule has 2 aliphatic rings. The average Bonchev–Trinajstić information content (AvgIpc) is 2.86. The molecule has 0 amide bonds. The van der Waals surface area contributed by atoms with Gasteiger partial charge in [0.1, 0.15) is 0 Å². The van der Waals surface area contributed by atoms with E-state index in [0.29, 0.717) is 0 Å². The van der Waals surface area contributed by atoms with Crippen LogP contribution in [0.3, 0.4) is 0 Å². The van der Waals surface area contributed by atoms with Crippen molar-refractivity contribution in [2.45, 2.75) is 103 Å². The lowest BCUT2D eigenvalue weighted by molar-refractivity contribution is -0.0194. The van der Waals surface area contributed by atoms with Crippen LogP contribution in [0.5, 0.6) is 0 Å². The Morgan fingerprint density at radius 2 is 1.25 bits per heavy atom. The second-order valence-electron chi connectivity index (χ2n) is 10.5. The zero-order valence-electron chi connectivity index (χ0n) is 20.5. The van der Waals surface area contributed by atoms with Crippen molar-refractivity contribution in [3.05, 3.63) is 59.7 Å². The van der Waals surface area contributed by atoms with Crippen molar-refractivity contribution in [3.63, 3.8) is 0 Å². The molecular formula is C31H44O. The SMILES string of the molecule is CCCCC[C@H]1CC[C@H](c2ccc(-c3ccc(C4CCC(CCC)CO4)cc3)cc2)CC1. The molecular weight excluding hydrogens is 388 g/mol. The van der Waals surface area contributed by atoms with Gasteiger partial charge in [-0.3, -0.25) is 0 Å². The fourth-order valence-corrected chi connectivity index (χ4v) is 6.01. The van der Waals surface area contributed by atoms with Crippen molar-refractivity contribution in [2.75, 3.05) is 6.61 Å². The lowest BCUT2D eigenvalue weighted by Crippen LogP contribution is -2.20. The highest BCUT2D eigenvalue weighted by molar-refractivity contribution is 5.64. The number of benzene rings is 2. The maximum absolute atomic E-state index is 6.19. The van der Waals surface area contributed by atoms with Gasteiger partial charge in [0.2, 0.25) is 0 Å². The summed E-state index contributed by atoms with van der Waals surface area (Å²) in [6.45, 7) is 5.52. The minimum atomic E-state index is 0.289. The van der Waals surface area contributed by atoms with Crippen LogP contribution in [0.2, 0.25) is 0 Å². The van der Waals surface area contributed by atoms with Gasteiger partial charge in [-0.2, -0.15) is 0 Å². The number of hydrogen-bond acceptors (Lipinski definition) is 1. The molecule has 4 rings (SSSR count). The van der Waals surface area contributed by atoms with Crippen molar-refractivity contribution in [2.24, 2.45) is 11.8 Å². The van der Waals surface area contributed by atoms with Gasteiger partial charge >= 0.3 is 0 Å². The van der Waals surface area contributed by atoms with Gasteiger partial charge in [0.15, 0.2) is 0 Å². The predicted octanol–water partition coefficient (Wildman–Crippen LogP) is 9.48. The average molecular weight is 433 g/mol. The Bertz CT molecular complexity index is 774. The molecule has 0 radical (unpaired) electrons. The molecule has 1 nitrogen and oxygen atoms in total. The molecule has 2 fully saturated rings. The first kappa shape index (κ1) is 23.6. The molecule has 1 saturated heterocycles. The Kier molecular flexibility index (Phi) is 8.85. The van der Waals surface area contributed by atoms with Crippen LogP contribution in [0.1, 0.15) is 114 Å². The normalized spacial score (nSPS) is 26.2. The van der Waals surface area contributed by atoms with E-state index in [1.807, 2.05) is 0 Å². The maximum atomic E-state index is 6.19. The molecule has 1 aliphatic carbocycles. The lowest BCUT2D eigenvalue weighted by Gasteiger charge is -2.29. The topological polar surface area (TPSA) is 9.23 Å². The first-order valence-corrected chi connectivity index (χ1v) is 13.6. The summed E-state index contributed by atoms with van der Waals surface area (Å²) in [4.78, 5) is 0. The van der Waals surface area contributed by atoms with E-state index in [1.54, 1.807) is 5.56 Å². The first-order chi connectivity index (χ1) is 15.8. The van der Waals surface area contributed by atoms with Crippen molar-refractivity contribution >= 4 is 0 Å². The quantitative estimate of drug-likeness (QED) is 0.358. The molecule has 1 heteroatoms. The molecule has 2 aromatic rings. The van der Waals surface area contributed by atoms with E-state index in [-0.39, 0.29) is 6.10 Å². The standard InChI is InChI=1S/C31H44O/c1-3-5-6-8-24-9-12-26(13-10-24)27-14-16-28(17-15-27)29-18-20-30(21-19-29)31-22-11-25(7-4-2)23-32-31/h14-21,24-26,31H,3-13,22-23H2,1-2H3/t24-,25?,26-,31?. The molecule has 32 heavy (non-hydrogen) atoms. The van der Waals surface area contributed by atoms with E-state index >= 15 is 0 Å². The van der Waals surface area contributed by atoms with Crippen LogP contribution in [0.4, 0.5) is 0 Å². The molecule has 0 aromatic heterocycles. The molecule has 2 aromatic carbocycles. The van der Waals surface area contributed by atoms with Crippen LogP contribution >= 0.6 is 0 Å². The third kappa shape index (κ3) is 6.25. The molecule has 2 unspecified atom stereocenters. The molecule has 0 spiro atoms. The van der Waals surface area contributed by atoms with E-state index in [4.69, 9.17) is 4.74 Å². The van der Waals surface area contributed by atoms with Crippen molar-refractivity contribution in [1.82, 2.24) is 0 Å². The van der Waals surface area contributed by atoms with Gasteiger partial charge in [0, 0.05) is 0 Å². The third-order valence-corrected chi connectivity index (χ3v) is 8.13. The van der Waals surface area contributed by atoms with Gasteiger partial charge in [0.05, 0.1) is 12.7 Å². The van der Waals surface area contributed by atoms with Crippen LogP contribution in [0, 0.1) is 11.8 Å². The monoisotopic (exact) mass is 432 g/mol. The Balaban J connectivity index is 1.29. The number of rotatable bonds is 9. The number of hydrogen-bond donors (Lipinski definition) is 0. The molecule has 2 atom stereocenters. The summed E-state index contributed by atoms with van der Waals surface area (Å²) in [7, 11) is 0. The van der Waals surface area contributed by atoms with Gasteiger partial charge in [-0.05, 0) is 85.0 Å². The first-order valence-electron chi connectivity index (χ1n) is 13.6. The molecule has 0 N–H and O–H groups in total. The van der Waals surface area contributed by atoms with Crippen molar-refractivity contribution < 1.29 is 4.74 Å². The highest BCUT2D eigenvalue weighted by Crippen LogP contribution is 2.38. The highest BCUT2D eigenvalue weighted by atomic mass is 16.5. The Hall–Kier alpha value is -1.60. The lowest BCUT2D eigenvalue weighted by atomic mass is 9.77. The fourth-order valence-electron chi connectivity index (χ4n) is 6.01. The summed E-state index contributed by atoms with van der Waals surface area (Å²) in [5.74, 6) is 2.53. The van der Waals surface area contributed by atoms with Crippen LogP contribution in [-0.2, 0) is 4.74 Å². The van der Waals surface area contributed by atoms with Crippen molar-refractivity contribution in [3.8, 4) is 11.1 Å². The third-order valence-electron chi connectivity index (χ3n) is 8.13. The van der Waals surface area contributed by atoms with Crippen LogP contribution in [-0.4, -0.2) is 6.61 Å². The summed E-state index contributed by atoms with van der Waals surface area (Å²) in [5, 5.41) is 0. The maximum Gasteiger partial charge on any atom is 0.0825 e. The number of ether oxygens (including phenoxy) is 1.